The number of nitrogens with zero attached hydrogens (tertiary/aromatic N) is 1. The second-order valence-electron chi connectivity index (χ2n) is 6.48. The van der Waals surface area contributed by atoms with Crippen LogP contribution in [0.2, 0.25) is 0 Å². The number of aliphatic hydroxyl groups excluding tert-OH is 1. The highest BCUT2D eigenvalue weighted by Gasteiger charge is 2.44. The van der Waals surface area contributed by atoms with E-state index in [1.165, 1.54) is 25.7 Å². The van der Waals surface area contributed by atoms with Gasteiger partial charge in [-0.25, -0.2) is 4.79 Å². The van der Waals surface area contributed by atoms with Crippen LogP contribution in [0, 0.1) is 5.92 Å². The first-order chi connectivity index (χ1) is 10.8. The van der Waals surface area contributed by atoms with Gasteiger partial charge in [-0.1, -0.05) is 49.6 Å². The van der Waals surface area contributed by atoms with Crippen LogP contribution in [0.3, 0.4) is 0 Å². The number of benzene rings is 1. The van der Waals surface area contributed by atoms with Gasteiger partial charge in [0.15, 0.2) is 0 Å². The van der Waals surface area contributed by atoms with E-state index >= 15 is 0 Å². The van der Waals surface area contributed by atoms with Crippen molar-refractivity contribution < 1.29 is 14.6 Å². The molecule has 1 saturated carbocycles. The summed E-state index contributed by atoms with van der Waals surface area (Å²) in [6.45, 7) is 0.332. The highest BCUT2D eigenvalue weighted by molar-refractivity contribution is 5.69. The molecule has 1 aliphatic carbocycles. The first-order valence-electron chi connectivity index (χ1n) is 8.39. The molecule has 4 heteroatoms. The van der Waals surface area contributed by atoms with E-state index in [-0.39, 0.29) is 24.8 Å². The molecule has 2 fully saturated rings. The van der Waals surface area contributed by atoms with Gasteiger partial charge in [-0.3, -0.25) is 4.90 Å². The molecule has 1 N–H and O–H groups in total. The van der Waals surface area contributed by atoms with Crippen LogP contribution >= 0.6 is 0 Å². The number of hydrogen-bond donors (Lipinski definition) is 1. The standard InChI is InChI=1S/C18H25NO3/c20-12-16-11-15-9-5-2-6-10-17(15)19(16)18(21)22-13-14-7-3-1-4-8-14/h1,3-4,7-8,15-17,20H,2,5-6,9-13H2/t15-,16?,17+/m0/s1. The van der Waals surface area contributed by atoms with Crippen molar-refractivity contribution in [3.8, 4) is 0 Å². The zero-order valence-electron chi connectivity index (χ0n) is 13.0. The predicted molar refractivity (Wildman–Crippen MR) is 84.3 cm³/mol. The van der Waals surface area contributed by atoms with Crippen LogP contribution in [0.5, 0.6) is 0 Å². The number of hydrogen-bond acceptors (Lipinski definition) is 3. The Morgan fingerprint density at radius 1 is 1.18 bits per heavy atom. The average molecular weight is 303 g/mol. The molecule has 3 rings (SSSR count). The van der Waals surface area contributed by atoms with Crippen LogP contribution in [0.4, 0.5) is 4.79 Å². The van der Waals surface area contributed by atoms with Gasteiger partial charge in [0.05, 0.1) is 12.6 Å². The van der Waals surface area contributed by atoms with Gasteiger partial charge in [-0.2, -0.15) is 0 Å². The van der Waals surface area contributed by atoms with Crippen molar-refractivity contribution in [2.24, 2.45) is 5.92 Å². The van der Waals surface area contributed by atoms with Gasteiger partial charge >= 0.3 is 6.09 Å². The van der Waals surface area contributed by atoms with Gasteiger partial charge in [-0.05, 0) is 30.7 Å². The van der Waals surface area contributed by atoms with E-state index in [9.17, 15) is 9.90 Å². The van der Waals surface area contributed by atoms with Crippen molar-refractivity contribution in [3.63, 3.8) is 0 Å². The molecule has 1 aromatic rings. The van der Waals surface area contributed by atoms with Crippen molar-refractivity contribution in [1.82, 2.24) is 4.90 Å². The maximum atomic E-state index is 12.5. The smallest absolute Gasteiger partial charge is 0.410 e. The van der Waals surface area contributed by atoms with Crippen molar-refractivity contribution in [2.45, 2.75) is 57.2 Å². The second-order valence-corrected chi connectivity index (χ2v) is 6.48. The number of carbonyl (C=O) groups is 1. The SMILES string of the molecule is O=C(OCc1ccccc1)N1C(CO)C[C@@H]2CCCCC[C@H]21. The Bertz CT molecular complexity index is 490. The molecule has 0 radical (unpaired) electrons. The maximum Gasteiger partial charge on any atom is 0.410 e. The number of fused-ring (bicyclic) bond motifs is 1. The summed E-state index contributed by atoms with van der Waals surface area (Å²) >= 11 is 0. The molecule has 120 valence electrons. The van der Waals surface area contributed by atoms with Gasteiger partial charge in [0.25, 0.3) is 0 Å². The second kappa shape index (κ2) is 7.14. The molecule has 3 atom stereocenters. The Labute approximate surface area is 132 Å². The Morgan fingerprint density at radius 3 is 2.73 bits per heavy atom. The van der Waals surface area contributed by atoms with Gasteiger partial charge in [-0.15, -0.1) is 0 Å². The lowest BCUT2D eigenvalue weighted by atomic mass is 9.94. The van der Waals surface area contributed by atoms with Crippen molar-refractivity contribution in [1.29, 1.82) is 0 Å². The van der Waals surface area contributed by atoms with E-state index in [4.69, 9.17) is 4.74 Å². The number of likely N-dealkylation sites (tertiary alicyclic amines) is 1. The van der Waals surface area contributed by atoms with Crippen molar-refractivity contribution in [3.05, 3.63) is 35.9 Å². The molecule has 1 heterocycles. The Kier molecular flexibility index (Phi) is 4.98. The first kappa shape index (κ1) is 15.3. The first-order valence-corrected chi connectivity index (χ1v) is 8.39. The molecule has 1 aliphatic heterocycles. The number of amides is 1. The predicted octanol–water partition coefficient (Wildman–Crippen LogP) is 3.34. The zero-order chi connectivity index (χ0) is 15.4. The molecule has 1 unspecified atom stereocenters. The number of carbonyl (C=O) groups excluding carboxylic acids is 1. The molecule has 0 aromatic heterocycles. The lowest BCUT2D eigenvalue weighted by Gasteiger charge is -2.29. The topological polar surface area (TPSA) is 49.8 Å². The van der Waals surface area contributed by atoms with E-state index in [2.05, 4.69) is 0 Å². The summed E-state index contributed by atoms with van der Waals surface area (Å²) in [5.41, 5.74) is 0.994. The van der Waals surface area contributed by atoms with E-state index in [0.717, 1.165) is 18.4 Å². The summed E-state index contributed by atoms with van der Waals surface area (Å²) in [6.07, 6.45) is 6.53. The Balaban J connectivity index is 1.66. The van der Waals surface area contributed by atoms with Gasteiger partial charge in [0.2, 0.25) is 0 Å². The summed E-state index contributed by atoms with van der Waals surface area (Å²) in [5, 5.41) is 9.64. The summed E-state index contributed by atoms with van der Waals surface area (Å²) in [6, 6.07) is 9.92. The third-order valence-electron chi connectivity index (χ3n) is 5.07. The highest BCUT2D eigenvalue weighted by Crippen LogP contribution is 2.38. The average Bonchev–Trinajstić information content (AvgIpc) is 2.75. The lowest BCUT2D eigenvalue weighted by Crippen LogP contribution is -2.43. The van der Waals surface area contributed by atoms with E-state index in [1.54, 1.807) is 0 Å². The molecule has 0 bridgehead atoms. The van der Waals surface area contributed by atoms with Gasteiger partial charge in [0, 0.05) is 6.04 Å². The number of aliphatic hydroxyl groups is 1. The molecule has 1 saturated heterocycles. The van der Waals surface area contributed by atoms with E-state index < -0.39 is 0 Å². The van der Waals surface area contributed by atoms with Crippen LogP contribution in [0.25, 0.3) is 0 Å². The lowest BCUT2D eigenvalue weighted by molar-refractivity contribution is 0.0613. The summed E-state index contributed by atoms with van der Waals surface area (Å²) in [7, 11) is 0. The molecule has 2 aliphatic rings. The minimum Gasteiger partial charge on any atom is -0.445 e. The minimum absolute atomic E-state index is 0.0352. The molecule has 4 nitrogen and oxygen atoms in total. The molecular weight excluding hydrogens is 278 g/mol. The summed E-state index contributed by atoms with van der Waals surface area (Å²) < 4.78 is 5.51. The maximum absolute atomic E-state index is 12.5. The fraction of sp³-hybridized carbons (Fsp3) is 0.611. The van der Waals surface area contributed by atoms with Gasteiger partial charge in [0.1, 0.15) is 6.61 Å². The summed E-state index contributed by atoms with van der Waals surface area (Å²) in [4.78, 5) is 14.4. The van der Waals surface area contributed by atoms with Crippen LogP contribution in [0.1, 0.15) is 44.1 Å². The van der Waals surface area contributed by atoms with Crippen LogP contribution in [-0.2, 0) is 11.3 Å². The van der Waals surface area contributed by atoms with Crippen molar-refractivity contribution in [2.75, 3.05) is 6.61 Å². The molecular formula is C18H25NO3. The normalized spacial score (nSPS) is 28.0. The summed E-state index contributed by atoms with van der Waals surface area (Å²) in [5.74, 6) is 0.531. The monoisotopic (exact) mass is 303 g/mol. The van der Waals surface area contributed by atoms with E-state index in [0.29, 0.717) is 12.5 Å². The highest BCUT2D eigenvalue weighted by atomic mass is 16.6. The number of rotatable bonds is 3. The third-order valence-corrected chi connectivity index (χ3v) is 5.07. The Morgan fingerprint density at radius 2 is 1.95 bits per heavy atom. The third kappa shape index (κ3) is 3.27. The van der Waals surface area contributed by atoms with E-state index in [1.807, 2.05) is 35.2 Å². The molecule has 0 spiro atoms. The quantitative estimate of drug-likeness (QED) is 0.931. The largest absolute Gasteiger partial charge is 0.445 e. The van der Waals surface area contributed by atoms with Gasteiger partial charge < -0.3 is 9.84 Å². The fourth-order valence-electron chi connectivity index (χ4n) is 3.98. The van der Waals surface area contributed by atoms with Crippen LogP contribution in [-0.4, -0.2) is 34.8 Å². The molecule has 22 heavy (non-hydrogen) atoms. The molecule has 1 aromatic carbocycles. The zero-order valence-corrected chi connectivity index (χ0v) is 13.0. The van der Waals surface area contributed by atoms with Crippen molar-refractivity contribution >= 4 is 6.09 Å². The number of ether oxygens (including phenoxy) is 1. The molecule has 1 amide bonds. The van der Waals surface area contributed by atoms with Crippen LogP contribution in [0.15, 0.2) is 30.3 Å². The fourth-order valence-corrected chi connectivity index (χ4v) is 3.98. The van der Waals surface area contributed by atoms with Crippen LogP contribution < -0.4 is 0 Å². The Hall–Kier alpha value is -1.55. The minimum atomic E-state index is -0.266.